The molecule has 3 heteroatoms. The standard InChI is InChI=1S/C24H20O3/c25-21(13-11-17-7-3-1-4-8-17)20-15-19-12-14-23(18-9-5-2-6-10-18)27-24(19)16-22(20)26/h1-11,13,15-16,23,26H,12,14H2/b13-11-/t23-/m1/s1. The van der Waals surface area contributed by atoms with E-state index in [1.54, 1.807) is 18.2 Å². The van der Waals surface area contributed by atoms with Gasteiger partial charge in [-0.15, -0.1) is 0 Å². The van der Waals surface area contributed by atoms with Crippen LogP contribution in [0.4, 0.5) is 0 Å². The maximum atomic E-state index is 12.5. The molecule has 4 rings (SSSR count). The number of phenols is 1. The molecule has 1 aliphatic heterocycles. The van der Waals surface area contributed by atoms with E-state index in [1.165, 1.54) is 6.08 Å². The molecule has 0 aromatic heterocycles. The summed E-state index contributed by atoms with van der Waals surface area (Å²) in [7, 11) is 0. The summed E-state index contributed by atoms with van der Waals surface area (Å²) in [6.45, 7) is 0. The largest absolute Gasteiger partial charge is 0.507 e. The van der Waals surface area contributed by atoms with Crippen molar-refractivity contribution in [1.29, 1.82) is 0 Å². The molecule has 0 saturated heterocycles. The first-order chi connectivity index (χ1) is 13.2. The van der Waals surface area contributed by atoms with E-state index in [0.717, 1.165) is 29.5 Å². The van der Waals surface area contributed by atoms with Crippen LogP contribution in [0.2, 0.25) is 0 Å². The van der Waals surface area contributed by atoms with Crippen molar-refractivity contribution >= 4 is 11.9 Å². The highest BCUT2D eigenvalue weighted by Crippen LogP contribution is 2.38. The number of aromatic hydroxyl groups is 1. The molecule has 0 radical (unpaired) electrons. The Morgan fingerprint density at radius 1 is 1.00 bits per heavy atom. The number of carbonyl (C=O) groups excluding carboxylic acids is 1. The number of carbonyl (C=O) groups is 1. The first-order valence-corrected chi connectivity index (χ1v) is 9.05. The Kier molecular flexibility index (Phi) is 4.75. The van der Waals surface area contributed by atoms with Crippen molar-refractivity contribution in [2.75, 3.05) is 0 Å². The van der Waals surface area contributed by atoms with Crippen molar-refractivity contribution in [3.05, 3.63) is 101 Å². The van der Waals surface area contributed by atoms with E-state index in [1.807, 2.05) is 60.7 Å². The molecular formula is C24H20O3. The van der Waals surface area contributed by atoms with Crippen LogP contribution < -0.4 is 4.74 Å². The van der Waals surface area contributed by atoms with E-state index in [2.05, 4.69) is 0 Å². The number of ether oxygens (including phenoxy) is 1. The second-order valence-corrected chi connectivity index (χ2v) is 6.64. The highest BCUT2D eigenvalue weighted by atomic mass is 16.5. The van der Waals surface area contributed by atoms with Crippen LogP contribution in [0.3, 0.4) is 0 Å². The van der Waals surface area contributed by atoms with Crippen LogP contribution in [0.15, 0.2) is 78.9 Å². The molecule has 0 bridgehead atoms. The van der Waals surface area contributed by atoms with E-state index in [4.69, 9.17) is 4.74 Å². The number of hydrogen-bond acceptors (Lipinski definition) is 3. The monoisotopic (exact) mass is 356 g/mol. The van der Waals surface area contributed by atoms with Gasteiger partial charge in [0.05, 0.1) is 5.56 Å². The zero-order chi connectivity index (χ0) is 18.6. The van der Waals surface area contributed by atoms with Crippen LogP contribution >= 0.6 is 0 Å². The lowest BCUT2D eigenvalue weighted by Crippen LogP contribution is -2.15. The zero-order valence-electron chi connectivity index (χ0n) is 14.8. The molecule has 0 amide bonds. The SMILES string of the molecule is O=C(/C=C\c1ccccc1)c1cc2c(cc1O)O[C@@H](c1ccccc1)CC2. The molecule has 134 valence electrons. The summed E-state index contributed by atoms with van der Waals surface area (Å²) in [5.41, 5.74) is 3.32. The molecule has 3 aromatic carbocycles. The summed E-state index contributed by atoms with van der Waals surface area (Å²) in [4.78, 5) is 12.5. The molecule has 27 heavy (non-hydrogen) atoms. The van der Waals surface area contributed by atoms with E-state index < -0.39 is 0 Å². The van der Waals surface area contributed by atoms with Crippen molar-refractivity contribution in [3.63, 3.8) is 0 Å². The minimum Gasteiger partial charge on any atom is -0.507 e. The number of phenolic OH excluding ortho intramolecular Hbond substituents is 1. The summed E-state index contributed by atoms with van der Waals surface area (Å²) in [5, 5.41) is 10.4. The van der Waals surface area contributed by atoms with Gasteiger partial charge in [0.25, 0.3) is 0 Å². The second-order valence-electron chi connectivity index (χ2n) is 6.64. The number of allylic oxidation sites excluding steroid dienone is 1. The van der Waals surface area contributed by atoms with Crippen molar-refractivity contribution in [2.45, 2.75) is 18.9 Å². The lowest BCUT2D eigenvalue weighted by molar-refractivity contribution is 0.104. The van der Waals surface area contributed by atoms with Crippen LogP contribution in [0.5, 0.6) is 11.5 Å². The van der Waals surface area contributed by atoms with Gasteiger partial charge in [0.15, 0.2) is 5.78 Å². The molecule has 1 N–H and O–H groups in total. The minimum atomic E-state index is -0.218. The van der Waals surface area contributed by atoms with Gasteiger partial charge >= 0.3 is 0 Å². The molecule has 0 fully saturated rings. The van der Waals surface area contributed by atoms with Gasteiger partial charge in [0.1, 0.15) is 17.6 Å². The molecule has 0 aliphatic carbocycles. The smallest absolute Gasteiger partial charge is 0.189 e. The van der Waals surface area contributed by atoms with Gasteiger partial charge in [-0.2, -0.15) is 0 Å². The molecule has 1 heterocycles. The van der Waals surface area contributed by atoms with Crippen LogP contribution in [-0.2, 0) is 6.42 Å². The maximum absolute atomic E-state index is 12.5. The Labute approximate surface area is 158 Å². The van der Waals surface area contributed by atoms with Crippen molar-refractivity contribution in [2.24, 2.45) is 0 Å². The highest BCUT2D eigenvalue weighted by Gasteiger charge is 2.23. The Balaban J connectivity index is 1.56. The van der Waals surface area contributed by atoms with Gasteiger partial charge in [-0.1, -0.05) is 66.7 Å². The van der Waals surface area contributed by atoms with E-state index in [9.17, 15) is 9.90 Å². The van der Waals surface area contributed by atoms with E-state index in [-0.39, 0.29) is 17.6 Å². The maximum Gasteiger partial charge on any atom is 0.189 e. The molecule has 3 aromatic rings. The molecule has 0 spiro atoms. The third-order valence-electron chi connectivity index (χ3n) is 4.79. The number of rotatable bonds is 4. The topological polar surface area (TPSA) is 46.5 Å². The molecular weight excluding hydrogens is 336 g/mol. The Bertz CT molecular complexity index is 975. The lowest BCUT2D eigenvalue weighted by Gasteiger charge is -2.27. The summed E-state index contributed by atoms with van der Waals surface area (Å²) in [6.07, 6.45) is 4.86. The van der Waals surface area contributed by atoms with Gasteiger partial charge in [0, 0.05) is 6.07 Å². The Morgan fingerprint density at radius 2 is 1.70 bits per heavy atom. The number of fused-ring (bicyclic) bond motifs is 1. The second kappa shape index (κ2) is 7.50. The highest BCUT2D eigenvalue weighted by molar-refractivity contribution is 6.08. The fourth-order valence-corrected chi connectivity index (χ4v) is 3.34. The zero-order valence-corrected chi connectivity index (χ0v) is 14.8. The average molecular weight is 356 g/mol. The third kappa shape index (κ3) is 3.77. The van der Waals surface area contributed by atoms with Gasteiger partial charge in [-0.3, -0.25) is 4.79 Å². The van der Waals surface area contributed by atoms with Crippen molar-refractivity contribution < 1.29 is 14.6 Å². The predicted octanol–water partition coefficient (Wildman–Crippen LogP) is 5.35. The van der Waals surface area contributed by atoms with Crippen molar-refractivity contribution in [3.8, 4) is 11.5 Å². The Hall–Kier alpha value is -3.33. The van der Waals surface area contributed by atoms with E-state index >= 15 is 0 Å². The van der Waals surface area contributed by atoms with E-state index in [0.29, 0.717) is 11.3 Å². The van der Waals surface area contributed by atoms with Crippen LogP contribution in [0.25, 0.3) is 6.08 Å². The fraction of sp³-hybridized carbons (Fsp3) is 0.125. The lowest BCUT2D eigenvalue weighted by atomic mass is 9.95. The normalized spacial score (nSPS) is 15.9. The quantitative estimate of drug-likeness (QED) is 0.506. The molecule has 3 nitrogen and oxygen atoms in total. The summed E-state index contributed by atoms with van der Waals surface area (Å²) >= 11 is 0. The van der Waals surface area contributed by atoms with Gasteiger partial charge in [0.2, 0.25) is 0 Å². The average Bonchev–Trinajstić information content (AvgIpc) is 2.72. The van der Waals surface area contributed by atoms with Gasteiger partial charge in [-0.25, -0.2) is 0 Å². The van der Waals surface area contributed by atoms with Gasteiger partial charge in [-0.05, 0) is 41.7 Å². The van der Waals surface area contributed by atoms with Gasteiger partial charge < -0.3 is 9.84 Å². The molecule has 1 aliphatic rings. The first-order valence-electron chi connectivity index (χ1n) is 9.05. The number of ketones is 1. The summed E-state index contributed by atoms with van der Waals surface area (Å²) in [6, 6.07) is 23.0. The molecule has 0 unspecified atom stereocenters. The van der Waals surface area contributed by atoms with Crippen molar-refractivity contribution in [1.82, 2.24) is 0 Å². The number of benzene rings is 3. The van der Waals surface area contributed by atoms with Crippen LogP contribution in [-0.4, -0.2) is 10.9 Å². The number of hydrogen-bond donors (Lipinski definition) is 1. The summed E-state index contributed by atoms with van der Waals surface area (Å²) < 4.78 is 6.07. The first kappa shape index (κ1) is 17.1. The van der Waals surface area contributed by atoms with Crippen LogP contribution in [0, 0.1) is 0 Å². The third-order valence-corrected chi connectivity index (χ3v) is 4.79. The summed E-state index contributed by atoms with van der Waals surface area (Å²) in [5.74, 6) is 0.380. The predicted molar refractivity (Wildman–Crippen MR) is 106 cm³/mol. The molecule has 0 saturated carbocycles. The fourth-order valence-electron chi connectivity index (χ4n) is 3.34. The minimum absolute atomic E-state index is 0.0300. The Morgan fingerprint density at radius 3 is 2.44 bits per heavy atom. The molecule has 1 atom stereocenters. The van der Waals surface area contributed by atoms with Crippen LogP contribution in [0.1, 0.15) is 39.6 Å². The number of aryl methyl sites for hydroxylation is 1.